The average Bonchev–Trinajstić information content (AvgIpc) is 3.35. The molecule has 3 atom stereocenters. The molecule has 2 aromatic carbocycles. The van der Waals surface area contributed by atoms with Gasteiger partial charge in [0, 0.05) is 24.4 Å². The predicted molar refractivity (Wildman–Crippen MR) is 134 cm³/mol. The summed E-state index contributed by atoms with van der Waals surface area (Å²) in [6.07, 6.45) is 6.15. The Labute approximate surface area is 208 Å². The monoisotopic (exact) mass is 492 g/mol. The second kappa shape index (κ2) is 9.77. The maximum atomic E-state index is 13.4. The fourth-order valence-electron chi connectivity index (χ4n) is 5.94. The van der Waals surface area contributed by atoms with Gasteiger partial charge in [0.1, 0.15) is 0 Å². The van der Waals surface area contributed by atoms with Crippen LogP contribution in [0.1, 0.15) is 54.7 Å². The van der Waals surface area contributed by atoms with E-state index in [1.54, 1.807) is 36.1 Å². The van der Waals surface area contributed by atoms with E-state index in [-0.39, 0.29) is 48.5 Å². The number of hydrogen-bond acceptors (Lipinski definition) is 4. The van der Waals surface area contributed by atoms with E-state index in [1.807, 2.05) is 24.3 Å². The number of fused-ring (bicyclic) bond motifs is 1. The van der Waals surface area contributed by atoms with Crippen molar-refractivity contribution < 1.29 is 18.3 Å². The van der Waals surface area contributed by atoms with Gasteiger partial charge >= 0.3 is 0 Å². The highest BCUT2D eigenvalue weighted by atomic mass is 32.2. The minimum absolute atomic E-state index is 0.126. The first-order valence-corrected chi connectivity index (χ1v) is 13.9. The summed E-state index contributed by atoms with van der Waals surface area (Å²) >= 11 is 0. The lowest BCUT2D eigenvalue weighted by atomic mass is 9.74. The molecule has 0 bridgehead atoms. The highest BCUT2D eigenvalue weighted by molar-refractivity contribution is 7.89. The second-order valence-electron chi connectivity index (χ2n) is 9.99. The minimum atomic E-state index is -3.80. The third-order valence-corrected chi connectivity index (χ3v) is 9.80. The van der Waals surface area contributed by atoms with Crippen molar-refractivity contribution in [1.82, 2.24) is 9.21 Å². The largest absolute Gasteiger partial charge is 0.394 e. The molecule has 0 radical (unpaired) electrons. The highest BCUT2D eigenvalue weighted by Crippen LogP contribution is 2.43. The smallest absolute Gasteiger partial charge is 0.243 e. The molecular weight excluding hydrogens is 460 g/mol. The van der Waals surface area contributed by atoms with Gasteiger partial charge in [0.15, 0.2) is 0 Å². The van der Waals surface area contributed by atoms with Crippen molar-refractivity contribution in [1.29, 1.82) is 0 Å². The maximum Gasteiger partial charge on any atom is 0.243 e. The third kappa shape index (κ3) is 4.51. The zero-order valence-electron chi connectivity index (χ0n) is 20.1. The van der Waals surface area contributed by atoms with Gasteiger partial charge in [-0.25, -0.2) is 8.42 Å². The Balaban J connectivity index is 1.34. The molecule has 0 spiro atoms. The first-order valence-electron chi connectivity index (χ1n) is 12.5. The number of carbonyl (C=O) groups excluding carboxylic acids is 1. The lowest BCUT2D eigenvalue weighted by molar-refractivity contribution is -0.158. The average molecular weight is 493 g/mol. The summed E-state index contributed by atoms with van der Waals surface area (Å²) in [7, 11) is -3.80. The van der Waals surface area contributed by atoms with Crippen LogP contribution in [0.2, 0.25) is 0 Å². The van der Waals surface area contributed by atoms with E-state index in [0.29, 0.717) is 5.56 Å². The second-order valence-corrected chi connectivity index (χ2v) is 11.9. The van der Waals surface area contributed by atoms with Crippen LogP contribution in [0.3, 0.4) is 0 Å². The quantitative estimate of drug-likeness (QED) is 0.650. The third-order valence-electron chi connectivity index (χ3n) is 7.83. The maximum absolute atomic E-state index is 13.4. The number of piperazine rings is 1. The van der Waals surface area contributed by atoms with Crippen LogP contribution in [-0.4, -0.2) is 60.4 Å². The van der Waals surface area contributed by atoms with Gasteiger partial charge in [0.25, 0.3) is 0 Å². The fraction of sp³-hybridized carbons (Fsp3) is 0.464. The molecule has 1 aliphatic carbocycles. The van der Waals surface area contributed by atoms with Crippen LogP contribution in [0.5, 0.6) is 0 Å². The van der Waals surface area contributed by atoms with Gasteiger partial charge in [-0.15, -0.1) is 0 Å². The number of carbonyl (C=O) groups is 1. The Morgan fingerprint density at radius 2 is 1.77 bits per heavy atom. The Bertz CT molecular complexity index is 1260. The SMILES string of the molecule is Cc1ccccc1S(=O)(=O)N1CC(=O)N2[C@H](C1)[C@H](c1ccc(C#CCC3CCCC3)cc1)[C@@H]2CO. The standard InChI is InChI=1S/C28H32N2O4S/c1-20-7-2-5-12-26(20)35(33,34)29-17-24-28(25(19-31)30(24)27(32)18-29)23-15-13-22(14-16-23)11-6-10-21-8-3-4-9-21/h2,5,7,12-16,21,24-25,28,31H,3-4,8-10,17-19H2,1H3/t24-,25+,28+/m1/s1. The van der Waals surface area contributed by atoms with Gasteiger partial charge in [-0.05, 0) is 55.0 Å². The molecule has 0 aromatic heterocycles. The number of aliphatic hydroxyl groups is 1. The lowest BCUT2D eigenvalue weighted by Gasteiger charge is -2.58. The molecule has 6 nitrogen and oxygen atoms in total. The number of nitrogens with zero attached hydrogens (tertiary/aromatic N) is 2. The lowest BCUT2D eigenvalue weighted by Crippen LogP contribution is -2.73. The van der Waals surface area contributed by atoms with Crippen molar-refractivity contribution in [2.24, 2.45) is 5.92 Å². The van der Waals surface area contributed by atoms with E-state index in [1.165, 1.54) is 30.0 Å². The molecule has 7 heteroatoms. The molecule has 2 saturated heterocycles. The summed E-state index contributed by atoms with van der Waals surface area (Å²) in [4.78, 5) is 14.9. The molecule has 1 amide bonds. The number of aliphatic hydroxyl groups excluding tert-OH is 1. The van der Waals surface area contributed by atoms with E-state index in [9.17, 15) is 18.3 Å². The summed E-state index contributed by atoms with van der Waals surface area (Å²) in [5.74, 6) is 6.92. The van der Waals surface area contributed by atoms with Crippen LogP contribution >= 0.6 is 0 Å². The Hall–Kier alpha value is -2.66. The van der Waals surface area contributed by atoms with Gasteiger partial charge in [-0.2, -0.15) is 4.31 Å². The zero-order chi connectivity index (χ0) is 24.6. The Kier molecular flexibility index (Phi) is 6.71. The van der Waals surface area contributed by atoms with E-state index >= 15 is 0 Å². The van der Waals surface area contributed by atoms with Gasteiger partial charge in [-0.1, -0.05) is 55.0 Å². The number of amides is 1. The fourth-order valence-corrected chi connectivity index (χ4v) is 7.57. The van der Waals surface area contributed by atoms with E-state index < -0.39 is 10.0 Å². The molecule has 35 heavy (non-hydrogen) atoms. The molecular formula is C28H32N2O4S. The first-order chi connectivity index (χ1) is 16.9. The van der Waals surface area contributed by atoms with Gasteiger partial charge in [0.2, 0.25) is 15.9 Å². The van der Waals surface area contributed by atoms with Crippen LogP contribution in [0, 0.1) is 24.7 Å². The topological polar surface area (TPSA) is 77.9 Å². The molecule has 1 N–H and O–H groups in total. The van der Waals surface area contributed by atoms with Crippen molar-refractivity contribution in [2.75, 3.05) is 19.7 Å². The molecule has 1 saturated carbocycles. The number of hydrogen-bond donors (Lipinski definition) is 1. The molecule has 184 valence electrons. The summed E-state index contributed by atoms with van der Waals surface area (Å²) in [6, 6.07) is 14.2. The number of benzene rings is 2. The van der Waals surface area contributed by atoms with Crippen molar-refractivity contribution in [3.63, 3.8) is 0 Å². The van der Waals surface area contributed by atoms with Crippen molar-refractivity contribution in [3.8, 4) is 11.8 Å². The Morgan fingerprint density at radius 3 is 2.46 bits per heavy atom. The number of aryl methyl sites for hydroxylation is 1. The summed E-state index contributed by atoms with van der Waals surface area (Å²) < 4.78 is 28.0. The van der Waals surface area contributed by atoms with Crippen molar-refractivity contribution in [3.05, 3.63) is 65.2 Å². The molecule has 5 rings (SSSR count). The minimum Gasteiger partial charge on any atom is -0.394 e. The zero-order valence-corrected chi connectivity index (χ0v) is 20.9. The highest BCUT2D eigenvalue weighted by Gasteiger charge is 2.55. The van der Waals surface area contributed by atoms with Crippen LogP contribution < -0.4 is 0 Å². The molecule has 2 aromatic rings. The summed E-state index contributed by atoms with van der Waals surface area (Å²) in [5, 5.41) is 10.0. The van der Waals surface area contributed by atoms with Crippen LogP contribution in [-0.2, 0) is 14.8 Å². The molecule has 3 aliphatic rings. The number of rotatable bonds is 5. The molecule has 3 fully saturated rings. The van der Waals surface area contributed by atoms with Gasteiger partial charge in [0.05, 0.1) is 30.1 Å². The van der Waals surface area contributed by atoms with Crippen molar-refractivity contribution >= 4 is 15.9 Å². The molecule has 2 aliphatic heterocycles. The van der Waals surface area contributed by atoms with Crippen LogP contribution in [0.4, 0.5) is 0 Å². The van der Waals surface area contributed by atoms with E-state index in [0.717, 1.165) is 23.5 Å². The van der Waals surface area contributed by atoms with E-state index in [2.05, 4.69) is 11.8 Å². The number of sulfonamides is 1. The van der Waals surface area contributed by atoms with E-state index in [4.69, 9.17) is 0 Å². The summed E-state index contributed by atoms with van der Waals surface area (Å²) in [6.45, 7) is 1.62. The normalized spacial score (nSPS) is 25.0. The Morgan fingerprint density at radius 1 is 1.06 bits per heavy atom. The van der Waals surface area contributed by atoms with Gasteiger partial charge < -0.3 is 10.0 Å². The van der Waals surface area contributed by atoms with Crippen LogP contribution in [0.15, 0.2) is 53.4 Å². The summed E-state index contributed by atoms with van der Waals surface area (Å²) in [5.41, 5.74) is 2.60. The van der Waals surface area contributed by atoms with Crippen LogP contribution in [0.25, 0.3) is 0 Å². The van der Waals surface area contributed by atoms with Crippen molar-refractivity contribution in [2.45, 2.75) is 61.9 Å². The first kappa shape index (κ1) is 24.1. The predicted octanol–water partition coefficient (Wildman–Crippen LogP) is 3.29. The molecule has 0 unspecified atom stereocenters. The molecule has 2 heterocycles. The van der Waals surface area contributed by atoms with Gasteiger partial charge in [-0.3, -0.25) is 4.79 Å².